The highest BCUT2D eigenvalue weighted by molar-refractivity contribution is 4.82. The van der Waals surface area contributed by atoms with E-state index >= 15 is 0 Å². The summed E-state index contributed by atoms with van der Waals surface area (Å²) in [6.45, 7) is 6.75. The molecule has 3 heteroatoms. The van der Waals surface area contributed by atoms with Crippen LogP contribution in [0.4, 0.5) is 0 Å². The lowest BCUT2D eigenvalue weighted by molar-refractivity contribution is 0.0990. The molecule has 1 saturated heterocycles. The van der Waals surface area contributed by atoms with Gasteiger partial charge in [0.1, 0.15) is 0 Å². The van der Waals surface area contributed by atoms with E-state index in [4.69, 9.17) is 5.73 Å². The van der Waals surface area contributed by atoms with E-state index in [1.807, 2.05) is 0 Å². The van der Waals surface area contributed by atoms with Gasteiger partial charge in [-0.25, -0.2) is 0 Å². The molecule has 3 N–H and O–H groups in total. The molecule has 13 heavy (non-hydrogen) atoms. The average molecular weight is 186 g/mol. The Balaban J connectivity index is 2.39. The van der Waals surface area contributed by atoms with E-state index < -0.39 is 0 Å². The van der Waals surface area contributed by atoms with Gasteiger partial charge in [0, 0.05) is 19.1 Å². The molecule has 0 saturated carbocycles. The largest absolute Gasteiger partial charge is 0.390 e. The Hall–Kier alpha value is -0.120. The predicted octanol–water partition coefficient (Wildman–Crippen LogP) is 0.426. The van der Waals surface area contributed by atoms with Crippen molar-refractivity contribution in [3.63, 3.8) is 0 Å². The standard InChI is InChI=1S/C10H22N2O/c1-8(2)10-4-3-5-12(10)7-9(13)6-11/h8-10,13H,3-7,11H2,1-2H3/t9-,10?/m1/s1. The topological polar surface area (TPSA) is 49.5 Å². The van der Waals surface area contributed by atoms with Gasteiger partial charge < -0.3 is 10.8 Å². The molecule has 2 atom stereocenters. The van der Waals surface area contributed by atoms with Crippen LogP contribution >= 0.6 is 0 Å². The van der Waals surface area contributed by atoms with Crippen LogP contribution in [0.1, 0.15) is 26.7 Å². The Morgan fingerprint density at radius 1 is 1.54 bits per heavy atom. The second-order valence-corrected chi connectivity index (χ2v) is 4.34. The van der Waals surface area contributed by atoms with Crippen LogP contribution in [0.3, 0.4) is 0 Å². The van der Waals surface area contributed by atoms with Gasteiger partial charge in [-0.1, -0.05) is 13.8 Å². The molecule has 3 nitrogen and oxygen atoms in total. The average Bonchev–Trinajstić information content (AvgIpc) is 2.52. The molecule has 1 heterocycles. The van der Waals surface area contributed by atoms with Crippen LogP contribution in [-0.2, 0) is 0 Å². The molecule has 0 aliphatic carbocycles. The van der Waals surface area contributed by atoms with Crippen molar-refractivity contribution in [2.45, 2.75) is 38.8 Å². The van der Waals surface area contributed by atoms with Crippen LogP contribution < -0.4 is 5.73 Å². The molecule has 0 spiro atoms. The summed E-state index contributed by atoms with van der Waals surface area (Å²) in [5, 5.41) is 9.45. The van der Waals surface area contributed by atoms with Gasteiger partial charge in [-0.05, 0) is 25.3 Å². The van der Waals surface area contributed by atoms with Crippen molar-refractivity contribution in [2.24, 2.45) is 11.7 Å². The second-order valence-electron chi connectivity index (χ2n) is 4.34. The van der Waals surface area contributed by atoms with Gasteiger partial charge in [-0.15, -0.1) is 0 Å². The Morgan fingerprint density at radius 2 is 2.23 bits per heavy atom. The maximum absolute atomic E-state index is 9.45. The maximum atomic E-state index is 9.45. The number of nitrogens with two attached hydrogens (primary N) is 1. The second kappa shape index (κ2) is 4.94. The Kier molecular flexibility index (Phi) is 4.16. The first-order valence-corrected chi connectivity index (χ1v) is 5.27. The number of aliphatic hydroxyl groups excluding tert-OH is 1. The van der Waals surface area contributed by atoms with Crippen molar-refractivity contribution in [3.8, 4) is 0 Å². The Bertz CT molecular complexity index is 150. The highest BCUT2D eigenvalue weighted by Gasteiger charge is 2.27. The maximum Gasteiger partial charge on any atom is 0.0789 e. The van der Waals surface area contributed by atoms with Crippen molar-refractivity contribution in [3.05, 3.63) is 0 Å². The van der Waals surface area contributed by atoms with E-state index in [9.17, 15) is 5.11 Å². The van der Waals surface area contributed by atoms with Gasteiger partial charge in [0.25, 0.3) is 0 Å². The zero-order valence-electron chi connectivity index (χ0n) is 8.74. The van der Waals surface area contributed by atoms with E-state index in [-0.39, 0.29) is 6.10 Å². The summed E-state index contributed by atoms with van der Waals surface area (Å²) in [5.41, 5.74) is 5.40. The van der Waals surface area contributed by atoms with E-state index in [0.717, 1.165) is 13.1 Å². The first-order valence-electron chi connectivity index (χ1n) is 5.27. The van der Waals surface area contributed by atoms with E-state index in [2.05, 4.69) is 18.7 Å². The molecule has 1 aliphatic heterocycles. The summed E-state index contributed by atoms with van der Waals surface area (Å²) >= 11 is 0. The number of aliphatic hydroxyl groups is 1. The zero-order chi connectivity index (χ0) is 9.84. The van der Waals surface area contributed by atoms with Crippen molar-refractivity contribution >= 4 is 0 Å². The van der Waals surface area contributed by atoms with Crippen LogP contribution in [0, 0.1) is 5.92 Å². The number of rotatable bonds is 4. The fourth-order valence-corrected chi connectivity index (χ4v) is 2.18. The molecular weight excluding hydrogens is 164 g/mol. The van der Waals surface area contributed by atoms with Gasteiger partial charge in [0.15, 0.2) is 0 Å². The molecule has 0 aromatic heterocycles. The zero-order valence-corrected chi connectivity index (χ0v) is 8.74. The predicted molar refractivity (Wildman–Crippen MR) is 54.5 cm³/mol. The summed E-state index contributed by atoms with van der Waals surface area (Å²) < 4.78 is 0. The van der Waals surface area contributed by atoms with Gasteiger partial charge in [-0.2, -0.15) is 0 Å². The molecular formula is C10H22N2O. The minimum atomic E-state index is -0.348. The molecule has 0 aromatic rings. The SMILES string of the molecule is CC(C)C1CCCN1C[C@H](O)CN. The van der Waals surface area contributed by atoms with Gasteiger partial charge in [0.05, 0.1) is 6.10 Å². The molecule has 78 valence electrons. The summed E-state index contributed by atoms with van der Waals surface area (Å²) in [5.74, 6) is 0.687. The van der Waals surface area contributed by atoms with Crippen molar-refractivity contribution in [1.29, 1.82) is 0 Å². The van der Waals surface area contributed by atoms with Crippen molar-refractivity contribution in [1.82, 2.24) is 4.90 Å². The molecule has 1 aliphatic rings. The molecule has 1 fully saturated rings. The number of hydrogen-bond acceptors (Lipinski definition) is 3. The third-order valence-corrected chi connectivity index (χ3v) is 2.90. The first-order chi connectivity index (χ1) is 6.15. The minimum Gasteiger partial charge on any atom is -0.390 e. The van der Waals surface area contributed by atoms with Crippen molar-refractivity contribution < 1.29 is 5.11 Å². The number of hydrogen-bond donors (Lipinski definition) is 2. The van der Waals surface area contributed by atoms with E-state index in [0.29, 0.717) is 18.5 Å². The molecule has 0 amide bonds. The highest BCUT2D eigenvalue weighted by Crippen LogP contribution is 2.23. The van der Waals surface area contributed by atoms with Crippen LogP contribution in [0.2, 0.25) is 0 Å². The molecule has 0 aromatic carbocycles. The molecule has 0 bridgehead atoms. The normalized spacial score (nSPS) is 27.0. The third kappa shape index (κ3) is 2.93. The fraction of sp³-hybridized carbons (Fsp3) is 1.00. The third-order valence-electron chi connectivity index (χ3n) is 2.90. The molecule has 1 rings (SSSR count). The van der Waals surface area contributed by atoms with Crippen LogP contribution in [0.15, 0.2) is 0 Å². The quantitative estimate of drug-likeness (QED) is 0.669. The Labute approximate surface area is 80.9 Å². The number of likely N-dealkylation sites (tertiary alicyclic amines) is 1. The minimum absolute atomic E-state index is 0.348. The number of β-amino-alcohol motifs (C(OH)–C–C–N with tert-alkyl or cyclic N) is 1. The summed E-state index contributed by atoms with van der Waals surface area (Å²) in [4.78, 5) is 2.38. The summed E-state index contributed by atoms with van der Waals surface area (Å²) in [6, 6.07) is 0.654. The van der Waals surface area contributed by atoms with E-state index in [1.54, 1.807) is 0 Å². The monoisotopic (exact) mass is 186 g/mol. The summed E-state index contributed by atoms with van der Waals surface area (Å²) in [6.07, 6.45) is 2.19. The van der Waals surface area contributed by atoms with Gasteiger partial charge in [-0.3, -0.25) is 4.90 Å². The lowest BCUT2D eigenvalue weighted by Crippen LogP contribution is -2.41. The lowest BCUT2D eigenvalue weighted by atomic mass is 10.0. The molecule has 1 unspecified atom stereocenters. The van der Waals surface area contributed by atoms with Crippen LogP contribution in [-0.4, -0.2) is 41.8 Å². The molecule has 0 radical (unpaired) electrons. The van der Waals surface area contributed by atoms with Gasteiger partial charge >= 0.3 is 0 Å². The van der Waals surface area contributed by atoms with Crippen molar-refractivity contribution in [2.75, 3.05) is 19.6 Å². The fourth-order valence-electron chi connectivity index (χ4n) is 2.18. The smallest absolute Gasteiger partial charge is 0.0789 e. The van der Waals surface area contributed by atoms with Crippen LogP contribution in [0.5, 0.6) is 0 Å². The summed E-state index contributed by atoms with van der Waals surface area (Å²) in [7, 11) is 0. The highest BCUT2D eigenvalue weighted by atomic mass is 16.3. The lowest BCUT2D eigenvalue weighted by Gasteiger charge is -2.28. The van der Waals surface area contributed by atoms with Crippen LogP contribution in [0.25, 0.3) is 0 Å². The first kappa shape index (κ1) is 11.0. The Morgan fingerprint density at radius 3 is 2.77 bits per heavy atom. The van der Waals surface area contributed by atoms with E-state index in [1.165, 1.54) is 12.8 Å². The van der Waals surface area contributed by atoms with Gasteiger partial charge in [0.2, 0.25) is 0 Å². The number of nitrogens with zero attached hydrogens (tertiary/aromatic N) is 1.